The average Bonchev–Trinajstić information content (AvgIpc) is 3.38. The monoisotopic (exact) mass is 489 g/mol. The largest absolute Gasteiger partial charge is 0.494 e. The normalized spacial score (nSPS) is 12.5. The van der Waals surface area contributed by atoms with E-state index in [0.29, 0.717) is 34.1 Å². The first-order valence-corrected chi connectivity index (χ1v) is 12.1. The molecule has 0 saturated carbocycles. The number of ether oxygens (including phenoxy) is 1. The Morgan fingerprint density at radius 3 is 2.46 bits per heavy atom. The minimum Gasteiger partial charge on any atom is -0.494 e. The van der Waals surface area contributed by atoms with E-state index in [0.717, 1.165) is 0 Å². The van der Waals surface area contributed by atoms with Crippen LogP contribution in [0.5, 0.6) is 5.88 Å². The molecule has 0 fully saturated rings. The fraction of sp³-hybridized carbons (Fsp3) is 0.222. The Balaban J connectivity index is 1.76. The first kappa shape index (κ1) is 24.4. The summed E-state index contributed by atoms with van der Waals surface area (Å²) in [6, 6.07) is 17.7. The second kappa shape index (κ2) is 10.7. The van der Waals surface area contributed by atoms with E-state index in [1.54, 1.807) is 66.9 Å². The van der Waals surface area contributed by atoms with Gasteiger partial charge in [-0.15, -0.1) is 11.3 Å². The molecular weight excluding hydrogens is 462 g/mol. The van der Waals surface area contributed by atoms with Crippen molar-refractivity contribution in [1.29, 1.82) is 0 Å². The fourth-order valence-electron chi connectivity index (χ4n) is 3.92. The number of carbonyl (C=O) groups is 1. The summed E-state index contributed by atoms with van der Waals surface area (Å²) in [6.07, 6.45) is 1.63. The number of rotatable bonds is 8. The van der Waals surface area contributed by atoms with E-state index in [2.05, 4.69) is 16.0 Å². The van der Waals surface area contributed by atoms with Crippen LogP contribution >= 0.6 is 11.3 Å². The molecule has 4 aromatic rings. The summed E-state index contributed by atoms with van der Waals surface area (Å²) in [7, 11) is 4.01. The Morgan fingerprint density at radius 1 is 1.11 bits per heavy atom. The van der Waals surface area contributed by atoms with E-state index < -0.39 is 5.97 Å². The van der Waals surface area contributed by atoms with Gasteiger partial charge in [-0.2, -0.15) is 0 Å². The van der Waals surface area contributed by atoms with Gasteiger partial charge in [-0.1, -0.05) is 24.3 Å². The van der Waals surface area contributed by atoms with Gasteiger partial charge < -0.3 is 14.7 Å². The maximum atomic E-state index is 13.3. The molecule has 0 bridgehead atoms. The topological polar surface area (TPSA) is 84.1 Å². The highest BCUT2D eigenvalue weighted by molar-refractivity contribution is 7.10. The van der Waals surface area contributed by atoms with Gasteiger partial charge in [-0.3, -0.25) is 9.79 Å². The first-order chi connectivity index (χ1) is 16.9. The average molecular weight is 490 g/mol. The Labute approximate surface area is 207 Å². The van der Waals surface area contributed by atoms with E-state index in [1.165, 1.54) is 9.44 Å². The standard InChI is InChI=1S/C27H27N3O4S/c1-4-34-27(33)18-11-13-19(14-12-18)30-25(31)21-9-6-5-8-20(21)22(26(30)32)16-28-17-23(29(2)3)24-10-7-15-35-24/h5-16,23,32H,4,17H2,1-3H3. The third-order valence-corrected chi connectivity index (χ3v) is 6.71. The van der Waals surface area contributed by atoms with Crippen molar-refractivity contribution in [3.05, 3.63) is 92.4 Å². The van der Waals surface area contributed by atoms with E-state index in [-0.39, 0.29) is 24.1 Å². The Hall–Kier alpha value is -3.75. The fourth-order valence-corrected chi connectivity index (χ4v) is 4.84. The van der Waals surface area contributed by atoms with Crippen LogP contribution in [0.1, 0.15) is 33.8 Å². The summed E-state index contributed by atoms with van der Waals surface area (Å²) in [5.74, 6) is -0.651. The lowest BCUT2D eigenvalue weighted by Crippen LogP contribution is -2.22. The number of hydrogen-bond acceptors (Lipinski definition) is 7. The molecule has 0 aliphatic rings. The lowest BCUT2D eigenvalue weighted by molar-refractivity contribution is 0.0526. The number of aliphatic imine (C=N–C) groups is 1. The van der Waals surface area contributed by atoms with Crippen LogP contribution < -0.4 is 5.56 Å². The summed E-state index contributed by atoms with van der Waals surface area (Å²) in [6.45, 7) is 2.51. The van der Waals surface area contributed by atoms with Crippen molar-refractivity contribution < 1.29 is 14.6 Å². The van der Waals surface area contributed by atoms with Crippen molar-refractivity contribution in [2.75, 3.05) is 27.2 Å². The smallest absolute Gasteiger partial charge is 0.338 e. The minimum atomic E-state index is -0.442. The summed E-state index contributed by atoms with van der Waals surface area (Å²) < 4.78 is 6.27. The predicted molar refractivity (Wildman–Crippen MR) is 140 cm³/mol. The van der Waals surface area contributed by atoms with E-state index >= 15 is 0 Å². The third kappa shape index (κ3) is 5.03. The highest BCUT2D eigenvalue weighted by atomic mass is 32.1. The van der Waals surface area contributed by atoms with Crippen molar-refractivity contribution >= 4 is 34.3 Å². The molecule has 1 N–H and O–H groups in total. The van der Waals surface area contributed by atoms with Gasteiger partial charge >= 0.3 is 5.97 Å². The van der Waals surface area contributed by atoms with Gasteiger partial charge in [-0.05, 0) is 62.8 Å². The van der Waals surface area contributed by atoms with Gasteiger partial charge in [0.15, 0.2) is 0 Å². The number of esters is 1. The zero-order valence-corrected chi connectivity index (χ0v) is 20.7. The predicted octanol–water partition coefficient (Wildman–Crippen LogP) is 4.66. The molecule has 8 heteroatoms. The van der Waals surface area contributed by atoms with Gasteiger partial charge in [0, 0.05) is 21.9 Å². The molecule has 1 unspecified atom stereocenters. The van der Waals surface area contributed by atoms with Crippen LogP contribution in [0, 0.1) is 0 Å². The molecule has 0 amide bonds. The molecule has 180 valence electrons. The second-order valence-corrected chi connectivity index (χ2v) is 9.16. The van der Waals surface area contributed by atoms with Crippen LogP contribution in [0.15, 0.2) is 75.8 Å². The molecule has 0 saturated heterocycles. The maximum absolute atomic E-state index is 13.3. The quantitative estimate of drug-likeness (QED) is 0.288. The summed E-state index contributed by atoms with van der Waals surface area (Å²) in [5, 5.41) is 14.3. The van der Waals surface area contributed by atoms with Crippen molar-refractivity contribution in [1.82, 2.24) is 9.47 Å². The molecular formula is C27H27N3O4S. The lowest BCUT2D eigenvalue weighted by Gasteiger charge is -2.21. The van der Waals surface area contributed by atoms with Crippen molar-refractivity contribution in [2.24, 2.45) is 4.99 Å². The van der Waals surface area contributed by atoms with Gasteiger partial charge in [0.25, 0.3) is 5.56 Å². The molecule has 0 spiro atoms. The van der Waals surface area contributed by atoms with Gasteiger partial charge in [0.05, 0.1) is 36.0 Å². The van der Waals surface area contributed by atoms with E-state index in [1.807, 2.05) is 31.6 Å². The summed E-state index contributed by atoms with van der Waals surface area (Å²) in [4.78, 5) is 33.3. The van der Waals surface area contributed by atoms with Gasteiger partial charge in [0.2, 0.25) is 5.88 Å². The molecule has 0 aliphatic heterocycles. The number of nitrogens with zero attached hydrogens (tertiary/aromatic N) is 3. The number of aromatic hydroxyl groups is 1. The minimum absolute atomic E-state index is 0.0981. The van der Waals surface area contributed by atoms with Crippen molar-refractivity contribution in [3.63, 3.8) is 0 Å². The third-order valence-electron chi connectivity index (χ3n) is 5.73. The van der Waals surface area contributed by atoms with Crippen LogP contribution in [0.25, 0.3) is 16.5 Å². The highest BCUT2D eigenvalue weighted by Gasteiger charge is 2.18. The summed E-state index contributed by atoms with van der Waals surface area (Å²) in [5.41, 5.74) is 0.905. The molecule has 2 heterocycles. The number of benzene rings is 2. The van der Waals surface area contributed by atoms with Crippen LogP contribution in [0.4, 0.5) is 0 Å². The van der Waals surface area contributed by atoms with Gasteiger partial charge in [0.1, 0.15) is 0 Å². The van der Waals surface area contributed by atoms with Gasteiger partial charge in [-0.25, -0.2) is 9.36 Å². The number of pyridine rings is 1. The zero-order valence-electron chi connectivity index (χ0n) is 19.8. The van der Waals surface area contributed by atoms with Crippen LogP contribution in [0.3, 0.4) is 0 Å². The number of likely N-dealkylation sites (N-methyl/N-ethyl adjacent to an activating group) is 1. The molecule has 2 aromatic heterocycles. The Bertz CT molecular complexity index is 1410. The molecule has 1 atom stereocenters. The maximum Gasteiger partial charge on any atom is 0.338 e. The molecule has 35 heavy (non-hydrogen) atoms. The zero-order chi connectivity index (χ0) is 24.9. The summed E-state index contributed by atoms with van der Waals surface area (Å²) >= 11 is 1.68. The van der Waals surface area contributed by atoms with Crippen LogP contribution in [-0.2, 0) is 4.74 Å². The molecule has 4 rings (SSSR count). The number of fused-ring (bicyclic) bond motifs is 1. The lowest BCUT2D eigenvalue weighted by atomic mass is 10.1. The Morgan fingerprint density at radius 2 is 1.83 bits per heavy atom. The van der Waals surface area contributed by atoms with Crippen molar-refractivity contribution in [3.8, 4) is 11.6 Å². The molecule has 2 aromatic carbocycles. The highest BCUT2D eigenvalue weighted by Crippen LogP contribution is 2.27. The molecule has 7 nitrogen and oxygen atoms in total. The van der Waals surface area contributed by atoms with Crippen LogP contribution in [0.2, 0.25) is 0 Å². The Kier molecular flexibility index (Phi) is 7.43. The number of carbonyl (C=O) groups excluding carboxylic acids is 1. The van der Waals surface area contributed by atoms with E-state index in [9.17, 15) is 14.7 Å². The second-order valence-electron chi connectivity index (χ2n) is 8.18. The SMILES string of the molecule is CCOC(=O)c1ccc(-n2c(O)c(C=NCC(c3cccs3)N(C)C)c3ccccc3c2=O)cc1. The number of hydrogen-bond donors (Lipinski definition) is 1. The number of thiophene rings is 1. The number of aromatic nitrogens is 1. The van der Waals surface area contributed by atoms with Crippen molar-refractivity contribution in [2.45, 2.75) is 13.0 Å². The molecule has 0 aliphatic carbocycles. The van der Waals surface area contributed by atoms with E-state index in [4.69, 9.17) is 4.74 Å². The van der Waals surface area contributed by atoms with Crippen LogP contribution in [-0.4, -0.2) is 54.0 Å². The first-order valence-electron chi connectivity index (χ1n) is 11.3. The molecule has 0 radical (unpaired) electrons.